The van der Waals surface area contributed by atoms with Gasteiger partial charge in [-0.25, -0.2) is 9.97 Å². The van der Waals surface area contributed by atoms with Crippen molar-refractivity contribution in [3.05, 3.63) is 59.8 Å². The molecular weight excluding hydrogens is 409 g/mol. The molecule has 0 spiro atoms. The van der Waals surface area contributed by atoms with Gasteiger partial charge in [-0.05, 0) is 62.4 Å². The van der Waals surface area contributed by atoms with E-state index in [4.69, 9.17) is 0 Å². The number of halogens is 1. The Morgan fingerprint density at radius 3 is 2.81 bits per heavy atom. The average molecular weight is 433 g/mol. The molecule has 0 atom stereocenters. The van der Waals surface area contributed by atoms with Crippen molar-refractivity contribution in [2.24, 2.45) is 0 Å². The van der Waals surface area contributed by atoms with E-state index in [0.29, 0.717) is 18.8 Å². The van der Waals surface area contributed by atoms with Crippen molar-refractivity contribution in [1.82, 2.24) is 19.9 Å². The number of H-pyrrole nitrogens is 1. The van der Waals surface area contributed by atoms with Gasteiger partial charge in [0.25, 0.3) is 5.91 Å². The van der Waals surface area contributed by atoms with E-state index in [2.05, 4.69) is 15.0 Å². The van der Waals surface area contributed by atoms with Crippen LogP contribution in [-0.2, 0) is 4.79 Å². The summed E-state index contributed by atoms with van der Waals surface area (Å²) in [6, 6.07) is 6.87. The summed E-state index contributed by atoms with van der Waals surface area (Å²) in [5.74, 6) is -0.261. The second-order valence-electron chi connectivity index (χ2n) is 9.01. The zero-order valence-corrected chi connectivity index (χ0v) is 18.0. The molecular formula is C24H24FN5O2. The molecule has 0 aromatic carbocycles. The summed E-state index contributed by atoms with van der Waals surface area (Å²) in [6.07, 6.45) is 8.62. The van der Waals surface area contributed by atoms with E-state index in [1.165, 1.54) is 18.3 Å². The number of rotatable bonds is 5. The SMILES string of the molecule is CC1(C)CC(c2cc(N(C=O)C3CC3)nc3[nH]ccc23)=CCN1C(=O)c1ccnc(F)c1. The molecule has 3 aromatic heterocycles. The zero-order valence-electron chi connectivity index (χ0n) is 18.0. The number of nitrogens with one attached hydrogen (secondary N) is 1. The van der Waals surface area contributed by atoms with Crippen LogP contribution in [0.5, 0.6) is 0 Å². The first-order chi connectivity index (χ1) is 15.4. The number of pyridine rings is 2. The molecule has 1 fully saturated rings. The van der Waals surface area contributed by atoms with Gasteiger partial charge in [0.15, 0.2) is 0 Å². The van der Waals surface area contributed by atoms with Crippen LogP contribution in [0.15, 0.2) is 42.7 Å². The smallest absolute Gasteiger partial charge is 0.254 e. The van der Waals surface area contributed by atoms with Crippen LogP contribution in [0.1, 0.15) is 49.0 Å². The summed E-state index contributed by atoms with van der Waals surface area (Å²) in [5.41, 5.74) is 2.62. The lowest BCUT2D eigenvalue weighted by atomic mass is 9.84. The number of aromatic nitrogens is 3. The molecule has 1 aliphatic carbocycles. The predicted molar refractivity (Wildman–Crippen MR) is 120 cm³/mol. The van der Waals surface area contributed by atoms with Gasteiger partial charge in [0.05, 0.1) is 0 Å². The van der Waals surface area contributed by atoms with Gasteiger partial charge in [-0.2, -0.15) is 4.39 Å². The number of nitrogens with zero attached hydrogens (tertiary/aromatic N) is 4. The number of hydrogen-bond acceptors (Lipinski definition) is 4. The second kappa shape index (κ2) is 7.55. The highest BCUT2D eigenvalue weighted by Gasteiger charge is 2.36. The monoisotopic (exact) mass is 433 g/mol. The number of anilines is 1. The van der Waals surface area contributed by atoms with Crippen LogP contribution in [0.25, 0.3) is 16.6 Å². The minimum Gasteiger partial charge on any atom is -0.346 e. The Morgan fingerprint density at radius 1 is 1.31 bits per heavy atom. The number of hydrogen-bond donors (Lipinski definition) is 1. The van der Waals surface area contributed by atoms with Gasteiger partial charge in [0, 0.05) is 47.5 Å². The predicted octanol–water partition coefficient (Wildman–Crippen LogP) is 3.93. The minimum absolute atomic E-state index is 0.214. The minimum atomic E-state index is -0.670. The van der Waals surface area contributed by atoms with E-state index in [0.717, 1.165) is 41.4 Å². The first kappa shape index (κ1) is 20.4. The van der Waals surface area contributed by atoms with Crippen LogP contribution in [0.3, 0.4) is 0 Å². The molecule has 5 rings (SSSR count). The fourth-order valence-electron chi connectivity index (χ4n) is 4.44. The molecule has 8 heteroatoms. The van der Waals surface area contributed by atoms with Crippen molar-refractivity contribution >= 4 is 34.7 Å². The highest BCUT2D eigenvalue weighted by atomic mass is 19.1. The Morgan fingerprint density at radius 2 is 2.12 bits per heavy atom. The molecule has 2 amide bonds. The Labute approximate surface area is 185 Å². The van der Waals surface area contributed by atoms with E-state index >= 15 is 0 Å². The molecule has 0 unspecified atom stereocenters. The van der Waals surface area contributed by atoms with Gasteiger partial charge in [-0.3, -0.25) is 14.5 Å². The van der Waals surface area contributed by atoms with Gasteiger partial charge in [-0.1, -0.05) is 6.08 Å². The summed E-state index contributed by atoms with van der Waals surface area (Å²) < 4.78 is 13.6. The molecule has 1 aliphatic heterocycles. The highest BCUT2D eigenvalue weighted by molar-refractivity contribution is 5.97. The van der Waals surface area contributed by atoms with E-state index in [1.54, 1.807) is 9.80 Å². The number of amides is 2. The molecule has 7 nitrogen and oxygen atoms in total. The molecule has 32 heavy (non-hydrogen) atoms. The summed E-state index contributed by atoms with van der Waals surface area (Å²) in [6.45, 7) is 4.41. The highest BCUT2D eigenvalue weighted by Crippen LogP contribution is 2.39. The number of aromatic amines is 1. The lowest BCUT2D eigenvalue weighted by Crippen LogP contribution is -2.50. The van der Waals surface area contributed by atoms with E-state index in [9.17, 15) is 14.0 Å². The summed E-state index contributed by atoms with van der Waals surface area (Å²) in [7, 11) is 0. The topological polar surface area (TPSA) is 82.2 Å². The van der Waals surface area contributed by atoms with E-state index in [-0.39, 0.29) is 17.5 Å². The molecule has 3 aromatic rings. The first-order valence-corrected chi connectivity index (χ1v) is 10.7. The fourth-order valence-corrected chi connectivity index (χ4v) is 4.44. The van der Waals surface area contributed by atoms with Crippen molar-refractivity contribution in [1.29, 1.82) is 0 Å². The Hall–Kier alpha value is -3.55. The average Bonchev–Trinajstić information content (AvgIpc) is 3.48. The molecule has 0 bridgehead atoms. The fraction of sp³-hybridized carbons (Fsp3) is 0.333. The van der Waals surface area contributed by atoms with Gasteiger partial charge in [-0.15, -0.1) is 0 Å². The van der Waals surface area contributed by atoms with Crippen LogP contribution in [0, 0.1) is 5.95 Å². The van der Waals surface area contributed by atoms with Crippen molar-refractivity contribution in [3.8, 4) is 0 Å². The first-order valence-electron chi connectivity index (χ1n) is 10.7. The maximum absolute atomic E-state index is 13.6. The lowest BCUT2D eigenvalue weighted by Gasteiger charge is -2.42. The molecule has 1 saturated carbocycles. The third-order valence-corrected chi connectivity index (χ3v) is 6.27. The van der Waals surface area contributed by atoms with Gasteiger partial charge < -0.3 is 9.88 Å². The van der Waals surface area contributed by atoms with Gasteiger partial charge in [0.1, 0.15) is 11.5 Å². The van der Waals surface area contributed by atoms with Crippen molar-refractivity contribution in [3.63, 3.8) is 0 Å². The Kier molecular flexibility index (Phi) is 4.80. The van der Waals surface area contributed by atoms with Crippen LogP contribution in [0.4, 0.5) is 10.2 Å². The lowest BCUT2D eigenvalue weighted by molar-refractivity contribution is -0.107. The van der Waals surface area contributed by atoms with Crippen molar-refractivity contribution in [2.75, 3.05) is 11.4 Å². The van der Waals surface area contributed by atoms with E-state index < -0.39 is 11.5 Å². The Bertz CT molecular complexity index is 1240. The molecule has 2 aliphatic rings. The number of carbonyl (C=O) groups excluding carboxylic acids is 2. The number of carbonyl (C=O) groups is 2. The zero-order chi connectivity index (χ0) is 22.5. The molecule has 0 saturated heterocycles. The molecule has 1 N–H and O–H groups in total. The summed E-state index contributed by atoms with van der Waals surface area (Å²) in [5, 5.41) is 0.980. The van der Waals surface area contributed by atoms with Crippen LogP contribution < -0.4 is 4.90 Å². The summed E-state index contributed by atoms with van der Waals surface area (Å²) in [4.78, 5) is 39.6. The molecule has 4 heterocycles. The maximum atomic E-state index is 13.6. The van der Waals surface area contributed by atoms with Crippen LogP contribution in [0.2, 0.25) is 0 Å². The van der Waals surface area contributed by atoms with Crippen LogP contribution in [-0.4, -0.2) is 50.3 Å². The standard InChI is InChI=1S/C24H24FN5O2/c1-24(2)13-16(7-10-30(24)23(32)15-5-8-26-20(25)11-15)19-12-21(29(14-31)17-3-4-17)28-22-18(19)6-9-27-22/h5-9,11-12,14,17H,3-4,10,13H2,1-2H3,(H,27,28). The third-order valence-electron chi connectivity index (χ3n) is 6.27. The largest absolute Gasteiger partial charge is 0.346 e. The maximum Gasteiger partial charge on any atom is 0.254 e. The van der Waals surface area contributed by atoms with Crippen molar-refractivity contribution in [2.45, 2.75) is 44.7 Å². The quantitative estimate of drug-likeness (QED) is 0.488. The third kappa shape index (κ3) is 3.55. The van der Waals surface area contributed by atoms with Crippen LogP contribution >= 0.6 is 0 Å². The van der Waals surface area contributed by atoms with Gasteiger partial charge in [0.2, 0.25) is 12.4 Å². The molecule has 0 radical (unpaired) electrons. The molecule has 164 valence electrons. The summed E-state index contributed by atoms with van der Waals surface area (Å²) >= 11 is 0. The van der Waals surface area contributed by atoms with Gasteiger partial charge >= 0.3 is 0 Å². The number of fused-ring (bicyclic) bond motifs is 1. The van der Waals surface area contributed by atoms with Crippen molar-refractivity contribution < 1.29 is 14.0 Å². The normalized spacial score (nSPS) is 17.8. The Balaban J connectivity index is 1.51. The van der Waals surface area contributed by atoms with E-state index in [1.807, 2.05) is 38.3 Å². The second-order valence-corrected chi connectivity index (χ2v) is 9.01.